The minimum Gasteiger partial charge on any atom is -0.394 e. The third-order valence-electron chi connectivity index (χ3n) is 9.87. The molecule has 0 aromatic carbocycles. The molecule has 0 bridgehead atoms. The Hall–Kier alpha value is -1.39. The molecule has 0 saturated carbocycles. The quantitative estimate of drug-likeness (QED) is 0.0445. The van der Waals surface area contributed by atoms with E-state index in [9.17, 15) is 15.0 Å². The number of allylic oxidation sites excluding steroid dienone is 5. The second-order valence-electron chi connectivity index (χ2n) is 14.8. The number of nitrogens with one attached hydrogen (secondary N) is 1. The van der Waals surface area contributed by atoms with Crippen LogP contribution in [0.1, 0.15) is 226 Å². The molecule has 0 aliphatic carbocycles. The van der Waals surface area contributed by atoms with Gasteiger partial charge in [-0.1, -0.05) is 204 Å². The van der Waals surface area contributed by atoms with Crippen LogP contribution in [0.4, 0.5) is 0 Å². The third kappa shape index (κ3) is 37.7. The molecule has 0 aromatic rings. The highest BCUT2D eigenvalue weighted by Crippen LogP contribution is 2.15. The highest BCUT2D eigenvalue weighted by molar-refractivity contribution is 5.76. The molecule has 288 valence electrons. The molecule has 0 spiro atoms. The SMILES string of the molecule is CCCCC/C=C\C/C=C\CCCCCCCC(=O)NC(CO)C(O)/C=C/CCCCCCCCCCCCCCCCCCCCCC. The number of aliphatic hydroxyl groups is 2. The summed E-state index contributed by atoms with van der Waals surface area (Å²) in [5.41, 5.74) is 0. The Morgan fingerprint density at radius 3 is 1.27 bits per heavy atom. The van der Waals surface area contributed by atoms with E-state index in [0.717, 1.165) is 44.9 Å². The van der Waals surface area contributed by atoms with E-state index >= 15 is 0 Å². The summed E-state index contributed by atoms with van der Waals surface area (Å²) in [6, 6.07) is -0.628. The first-order valence-electron chi connectivity index (χ1n) is 21.7. The Balaban J connectivity index is 3.57. The highest BCUT2D eigenvalue weighted by atomic mass is 16.3. The van der Waals surface area contributed by atoms with Crippen molar-refractivity contribution in [3.8, 4) is 0 Å². The van der Waals surface area contributed by atoms with E-state index in [-0.39, 0.29) is 12.5 Å². The minimum absolute atomic E-state index is 0.0775. The third-order valence-corrected chi connectivity index (χ3v) is 9.87. The van der Waals surface area contributed by atoms with Crippen LogP contribution in [0.15, 0.2) is 36.5 Å². The number of unbranched alkanes of at least 4 members (excludes halogenated alkanes) is 28. The van der Waals surface area contributed by atoms with Crippen LogP contribution in [-0.2, 0) is 4.79 Å². The summed E-state index contributed by atoms with van der Waals surface area (Å²) >= 11 is 0. The molecule has 0 rings (SSSR count). The first kappa shape index (κ1) is 47.6. The number of hydrogen-bond donors (Lipinski definition) is 3. The van der Waals surface area contributed by atoms with Gasteiger partial charge >= 0.3 is 0 Å². The maximum Gasteiger partial charge on any atom is 0.220 e. The van der Waals surface area contributed by atoms with Crippen molar-refractivity contribution in [1.82, 2.24) is 5.32 Å². The molecule has 3 N–H and O–H groups in total. The topological polar surface area (TPSA) is 69.6 Å². The van der Waals surface area contributed by atoms with Gasteiger partial charge in [0, 0.05) is 6.42 Å². The Morgan fingerprint density at radius 2 is 0.837 bits per heavy atom. The molecule has 0 saturated heterocycles. The predicted molar refractivity (Wildman–Crippen MR) is 216 cm³/mol. The van der Waals surface area contributed by atoms with Crippen molar-refractivity contribution in [3.63, 3.8) is 0 Å². The lowest BCUT2D eigenvalue weighted by Gasteiger charge is -2.20. The zero-order valence-corrected chi connectivity index (χ0v) is 33.0. The zero-order valence-electron chi connectivity index (χ0n) is 33.0. The summed E-state index contributed by atoms with van der Waals surface area (Å²) in [5, 5.41) is 23.0. The molecule has 0 fully saturated rings. The fourth-order valence-corrected chi connectivity index (χ4v) is 6.50. The van der Waals surface area contributed by atoms with Crippen LogP contribution >= 0.6 is 0 Å². The van der Waals surface area contributed by atoms with Crippen molar-refractivity contribution in [1.29, 1.82) is 0 Å². The van der Waals surface area contributed by atoms with Gasteiger partial charge in [0.05, 0.1) is 18.8 Å². The molecule has 1 amide bonds. The lowest BCUT2D eigenvalue weighted by atomic mass is 10.0. The van der Waals surface area contributed by atoms with E-state index in [0.29, 0.717) is 6.42 Å². The number of hydrogen-bond acceptors (Lipinski definition) is 3. The molecule has 0 radical (unpaired) electrons. The normalized spacial score (nSPS) is 13.3. The maximum absolute atomic E-state index is 12.4. The van der Waals surface area contributed by atoms with Crippen molar-refractivity contribution >= 4 is 5.91 Å². The van der Waals surface area contributed by atoms with Gasteiger partial charge in [-0.25, -0.2) is 0 Å². The molecule has 2 unspecified atom stereocenters. The standard InChI is InChI=1S/C45H85NO3/c1-3-5-7-9-11-13-15-17-19-20-21-22-23-24-25-27-28-30-32-34-36-38-40-44(48)43(42-47)46-45(49)41-39-37-35-33-31-29-26-18-16-14-12-10-8-6-4-2/h12,14,18,26,38,40,43-44,47-48H,3-11,13,15-17,19-25,27-37,39,41-42H2,1-2H3,(H,46,49)/b14-12-,26-18-,40-38+. The Kier molecular flexibility index (Phi) is 39.9. The van der Waals surface area contributed by atoms with Crippen LogP contribution in [-0.4, -0.2) is 34.9 Å². The van der Waals surface area contributed by atoms with Crippen LogP contribution in [0.3, 0.4) is 0 Å². The van der Waals surface area contributed by atoms with Crippen LogP contribution < -0.4 is 5.32 Å². The molecular weight excluding hydrogens is 602 g/mol. The van der Waals surface area contributed by atoms with E-state index < -0.39 is 12.1 Å². The molecule has 0 aliphatic rings. The molecular formula is C45H85NO3. The summed E-state index contributed by atoms with van der Waals surface area (Å²) in [5.74, 6) is -0.0775. The summed E-state index contributed by atoms with van der Waals surface area (Å²) < 4.78 is 0. The average Bonchev–Trinajstić information content (AvgIpc) is 3.10. The lowest BCUT2D eigenvalue weighted by Crippen LogP contribution is -2.45. The van der Waals surface area contributed by atoms with Gasteiger partial charge in [0.1, 0.15) is 0 Å². The van der Waals surface area contributed by atoms with E-state index in [1.165, 1.54) is 161 Å². The molecule has 4 nitrogen and oxygen atoms in total. The first-order chi connectivity index (χ1) is 24.2. The number of aliphatic hydroxyl groups excluding tert-OH is 2. The maximum atomic E-state index is 12.4. The minimum atomic E-state index is -0.844. The van der Waals surface area contributed by atoms with Crippen LogP contribution in [0.25, 0.3) is 0 Å². The second-order valence-corrected chi connectivity index (χ2v) is 14.8. The van der Waals surface area contributed by atoms with E-state index in [1.54, 1.807) is 6.08 Å². The molecule has 2 atom stereocenters. The average molecular weight is 688 g/mol. The van der Waals surface area contributed by atoms with E-state index in [1.807, 2.05) is 6.08 Å². The van der Waals surface area contributed by atoms with Crippen LogP contribution in [0.2, 0.25) is 0 Å². The molecule has 4 heteroatoms. The van der Waals surface area contributed by atoms with Gasteiger partial charge in [-0.2, -0.15) is 0 Å². The Morgan fingerprint density at radius 1 is 0.490 bits per heavy atom. The van der Waals surface area contributed by atoms with Crippen LogP contribution in [0, 0.1) is 0 Å². The zero-order chi connectivity index (χ0) is 35.7. The van der Waals surface area contributed by atoms with Crippen molar-refractivity contribution in [3.05, 3.63) is 36.5 Å². The molecule has 49 heavy (non-hydrogen) atoms. The van der Waals surface area contributed by atoms with Gasteiger partial charge in [-0.15, -0.1) is 0 Å². The molecule has 0 aliphatic heterocycles. The predicted octanol–water partition coefficient (Wildman–Crippen LogP) is 13.4. The fraction of sp³-hybridized carbons (Fsp3) is 0.844. The van der Waals surface area contributed by atoms with Gasteiger partial charge in [0.15, 0.2) is 0 Å². The van der Waals surface area contributed by atoms with Gasteiger partial charge in [-0.05, 0) is 51.4 Å². The van der Waals surface area contributed by atoms with Gasteiger partial charge < -0.3 is 15.5 Å². The monoisotopic (exact) mass is 688 g/mol. The number of rotatable bonds is 39. The number of amides is 1. The van der Waals surface area contributed by atoms with Gasteiger partial charge in [0.25, 0.3) is 0 Å². The van der Waals surface area contributed by atoms with Gasteiger partial charge in [-0.3, -0.25) is 4.79 Å². The largest absolute Gasteiger partial charge is 0.394 e. The van der Waals surface area contributed by atoms with Gasteiger partial charge in [0.2, 0.25) is 5.91 Å². The smallest absolute Gasteiger partial charge is 0.220 e. The second kappa shape index (κ2) is 41.0. The molecule has 0 aromatic heterocycles. The first-order valence-corrected chi connectivity index (χ1v) is 21.7. The summed E-state index contributed by atoms with van der Waals surface area (Å²) in [6.07, 6.45) is 53.9. The van der Waals surface area contributed by atoms with Crippen molar-refractivity contribution in [2.45, 2.75) is 238 Å². The van der Waals surface area contributed by atoms with E-state index in [4.69, 9.17) is 0 Å². The summed E-state index contributed by atoms with van der Waals surface area (Å²) in [4.78, 5) is 12.4. The number of carbonyl (C=O) groups is 1. The van der Waals surface area contributed by atoms with Crippen molar-refractivity contribution < 1.29 is 15.0 Å². The number of carbonyl (C=O) groups excluding carboxylic acids is 1. The lowest BCUT2D eigenvalue weighted by molar-refractivity contribution is -0.123. The van der Waals surface area contributed by atoms with E-state index in [2.05, 4.69) is 43.5 Å². The van der Waals surface area contributed by atoms with Crippen LogP contribution in [0.5, 0.6) is 0 Å². The van der Waals surface area contributed by atoms with Crippen molar-refractivity contribution in [2.75, 3.05) is 6.61 Å². The van der Waals surface area contributed by atoms with Crippen molar-refractivity contribution in [2.24, 2.45) is 0 Å². The Labute approximate surface area is 306 Å². The summed E-state index contributed by atoms with van der Waals surface area (Å²) in [7, 11) is 0. The fourth-order valence-electron chi connectivity index (χ4n) is 6.50. The Bertz CT molecular complexity index is 746. The summed E-state index contributed by atoms with van der Waals surface area (Å²) in [6.45, 7) is 4.28. The molecule has 0 heterocycles. The highest BCUT2D eigenvalue weighted by Gasteiger charge is 2.17.